The lowest BCUT2D eigenvalue weighted by Crippen LogP contribution is -2.23. The zero-order valence-corrected chi connectivity index (χ0v) is 18.7. The van der Waals surface area contributed by atoms with E-state index in [0.29, 0.717) is 17.4 Å². The molecule has 3 nitrogen and oxygen atoms in total. The van der Waals surface area contributed by atoms with Gasteiger partial charge < -0.3 is 5.32 Å². The van der Waals surface area contributed by atoms with E-state index >= 15 is 0 Å². The molecule has 1 amide bonds. The molecule has 1 aromatic rings. The molecule has 0 saturated heterocycles. The number of hydrogen-bond donors (Lipinski definition) is 1. The van der Waals surface area contributed by atoms with Gasteiger partial charge >= 0.3 is 0 Å². The molecule has 28 heavy (non-hydrogen) atoms. The standard InChI is InChI=1S/C22H28N2OS.C2H6/c1-5-8-9-11-18-16(4)26-21-13-12-17(22(25)23-14-7-3)15-20(21)24-19(18)10-6-2;1-2/h5,8-9,11-13,15-16H,1,6-7,10,14H2,2-4H3,(H,23,25);1-2H3/b9-8-,18-11+;. The number of allylic oxidation sites excluding steroid dienone is 4. The maximum atomic E-state index is 12.3. The van der Waals surface area contributed by atoms with Gasteiger partial charge in [-0.2, -0.15) is 0 Å². The van der Waals surface area contributed by atoms with E-state index < -0.39 is 0 Å². The van der Waals surface area contributed by atoms with E-state index in [1.807, 2.05) is 51.1 Å². The third kappa shape index (κ3) is 6.83. The smallest absolute Gasteiger partial charge is 0.251 e. The van der Waals surface area contributed by atoms with Crippen LogP contribution in [0.5, 0.6) is 0 Å². The van der Waals surface area contributed by atoms with Crippen LogP contribution in [-0.4, -0.2) is 23.4 Å². The number of nitrogens with one attached hydrogen (secondary N) is 1. The Morgan fingerprint density at radius 2 is 2.00 bits per heavy atom. The molecule has 0 fully saturated rings. The minimum atomic E-state index is -0.0335. The van der Waals surface area contributed by atoms with Gasteiger partial charge in [0.1, 0.15) is 0 Å². The van der Waals surface area contributed by atoms with Crippen LogP contribution in [0.2, 0.25) is 0 Å². The number of thioether (sulfide) groups is 1. The van der Waals surface area contributed by atoms with Crippen LogP contribution < -0.4 is 5.32 Å². The Hall–Kier alpha value is -2.07. The van der Waals surface area contributed by atoms with Crippen LogP contribution in [0.15, 0.2) is 64.5 Å². The molecular formula is C24H34N2OS. The Labute approximate surface area is 175 Å². The number of benzene rings is 1. The van der Waals surface area contributed by atoms with E-state index in [9.17, 15) is 4.79 Å². The van der Waals surface area contributed by atoms with E-state index in [1.165, 1.54) is 5.57 Å². The highest BCUT2D eigenvalue weighted by atomic mass is 32.2. The number of hydrogen-bond acceptors (Lipinski definition) is 3. The first-order valence-corrected chi connectivity index (χ1v) is 11.1. The second-order valence-electron chi connectivity index (χ2n) is 6.25. The van der Waals surface area contributed by atoms with Crippen molar-refractivity contribution in [3.8, 4) is 0 Å². The Bertz CT molecular complexity index is 747. The normalized spacial score (nSPS) is 17.2. The third-order valence-corrected chi connectivity index (χ3v) is 5.30. The molecular weight excluding hydrogens is 364 g/mol. The maximum Gasteiger partial charge on any atom is 0.251 e. The molecule has 4 heteroatoms. The fourth-order valence-electron chi connectivity index (χ4n) is 2.79. The molecule has 0 bridgehead atoms. The fraction of sp³-hybridized carbons (Fsp3) is 0.417. The van der Waals surface area contributed by atoms with E-state index in [2.05, 4.69) is 31.8 Å². The Balaban J connectivity index is 0.00000190. The second kappa shape index (κ2) is 13.2. The highest BCUT2D eigenvalue weighted by Crippen LogP contribution is 2.40. The molecule has 1 aliphatic rings. The first-order chi connectivity index (χ1) is 13.6. The summed E-state index contributed by atoms with van der Waals surface area (Å²) >= 11 is 1.79. The topological polar surface area (TPSA) is 41.5 Å². The van der Waals surface area contributed by atoms with Crippen molar-refractivity contribution in [3.63, 3.8) is 0 Å². The molecule has 0 spiro atoms. The van der Waals surface area contributed by atoms with Crippen molar-refractivity contribution in [2.75, 3.05) is 6.54 Å². The van der Waals surface area contributed by atoms with Crippen LogP contribution >= 0.6 is 11.8 Å². The molecule has 152 valence electrons. The van der Waals surface area contributed by atoms with Gasteiger partial charge in [-0.05, 0) is 43.5 Å². The molecule has 1 atom stereocenters. The quantitative estimate of drug-likeness (QED) is 0.508. The van der Waals surface area contributed by atoms with Gasteiger partial charge in [0, 0.05) is 28.0 Å². The van der Waals surface area contributed by atoms with Gasteiger partial charge in [-0.15, -0.1) is 11.8 Å². The monoisotopic (exact) mass is 398 g/mol. The van der Waals surface area contributed by atoms with Crippen molar-refractivity contribution in [1.82, 2.24) is 5.32 Å². The van der Waals surface area contributed by atoms with E-state index in [-0.39, 0.29) is 5.91 Å². The summed E-state index contributed by atoms with van der Waals surface area (Å²) in [7, 11) is 0. The molecule has 1 heterocycles. The zero-order chi connectivity index (χ0) is 20.9. The van der Waals surface area contributed by atoms with Crippen molar-refractivity contribution in [2.45, 2.75) is 64.0 Å². The van der Waals surface area contributed by atoms with Gasteiger partial charge in [0.2, 0.25) is 0 Å². The van der Waals surface area contributed by atoms with Gasteiger partial charge in [-0.25, -0.2) is 0 Å². The van der Waals surface area contributed by atoms with Crippen molar-refractivity contribution in [3.05, 3.63) is 60.2 Å². The summed E-state index contributed by atoms with van der Waals surface area (Å²) in [5.74, 6) is -0.0335. The first-order valence-electron chi connectivity index (χ1n) is 10.3. The number of amides is 1. The van der Waals surface area contributed by atoms with Gasteiger partial charge in [0.05, 0.1) is 5.69 Å². The third-order valence-electron chi connectivity index (χ3n) is 4.10. The molecule has 0 aliphatic carbocycles. The summed E-state index contributed by atoms with van der Waals surface area (Å²) in [5.41, 5.74) is 3.91. The lowest BCUT2D eigenvalue weighted by atomic mass is 10.0. The van der Waals surface area contributed by atoms with E-state index in [4.69, 9.17) is 4.99 Å². The molecule has 0 aromatic heterocycles. The molecule has 2 rings (SSSR count). The number of rotatable bonds is 7. The summed E-state index contributed by atoms with van der Waals surface area (Å²) in [6.07, 6.45) is 10.7. The second-order valence-corrected chi connectivity index (χ2v) is 7.63. The average molecular weight is 399 g/mol. The molecule has 1 N–H and O–H groups in total. The maximum absolute atomic E-state index is 12.3. The van der Waals surface area contributed by atoms with E-state index in [0.717, 1.165) is 35.6 Å². The molecule has 0 radical (unpaired) electrons. The minimum absolute atomic E-state index is 0.0335. The van der Waals surface area contributed by atoms with Crippen LogP contribution in [0.1, 0.15) is 64.2 Å². The highest BCUT2D eigenvalue weighted by molar-refractivity contribution is 8.00. The van der Waals surface area contributed by atoms with Crippen LogP contribution in [0.25, 0.3) is 0 Å². The lowest BCUT2D eigenvalue weighted by Gasteiger charge is -2.14. The van der Waals surface area contributed by atoms with Gasteiger partial charge in [0.15, 0.2) is 0 Å². The summed E-state index contributed by atoms with van der Waals surface area (Å²) < 4.78 is 0. The number of carbonyl (C=O) groups is 1. The summed E-state index contributed by atoms with van der Waals surface area (Å²) in [5, 5.41) is 3.24. The SMILES string of the molecule is C=C/C=C\C=C1\C(CCC)=Nc2cc(C(=O)NCCC)ccc2SC1C.CC. The van der Waals surface area contributed by atoms with Crippen molar-refractivity contribution in [1.29, 1.82) is 0 Å². The van der Waals surface area contributed by atoms with Gasteiger partial charge in [-0.3, -0.25) is 9.79 Å². The van der Waals surface area contributed by atoms with Crippen molar-refractivity contribution < 1.29 is 4.79 Å². The predicted octanol–water partition coefficient (Wildman–Crippen LogP) is 6.89. The zero-order valence-electron chi connectivity index (χ0n) is 17.9. The van der Waals surface area contributed by atoms with Crippen molar-refractivity contribution in [2.24, 2.45) is 4.99 Å². The Morgan fingerprint density at radius 1 is 1.25 bits per heavy atom. The average Bonchev–Trinajstić information content (AvgIpc) is 2.84. The van der Waals surface area contributed by atoms with Gasteiger partial charge in [-0.1, -0.05) is 65.0 Å². The largest absolute Gasteiger partial charge is 0.352 e. The highest BCUT2D eigenvalue weighted by Gasteiger charge is 2.22. The molecule has 1 unspecified atom stereocenters. The molecule has 0 saturated carbocycles. The molecule has 1 aliphatic heterocycles. The Morgan fingerprint density at radius 3 is 2.64 bits per heavy atom. The predicted molar refractivity (Wildman–Crippen MR) is 125 cm³/mol. The van der Waals surface area contributed by atoms with Crippen LogP contribution in [0.3, 0.4) is 0 Å². The summed E-state index contributed by atoms with van der Waals surface area (Å²) in [4.78, 5) is 18.4. The van der Waals surface area contributed by atoms with Crippen LogP contribution in [0.4, 0.5) is 5.69 Å². The number of fused-ring (bicyclic) bond motifs is 1. The van der Waals surface area contributed by atoms with Crippen LogP contribution in [0, 0.1) is 0 Å². The van der Waals surface area contributed by atoms with Crippen molar-refractivity contribution >= 4 is 29.1 Å². The number of carbonyl (C=O) groups excluding carboxylic acids is 1. The van der Waals surface area contributed by atoms with E-state index in [1.54, 1.807) is 17.8 Å². The first kappa shape index (κ1) is 24.0. The Kier molecular flexibility index (Phi) is 11.3. The lowest BCUT2D eigenvalue weighted by molar-refractivity contribution is 0.0953. The summed E-state index contributed by atoms with van der Waals surface area (Å²) in [6, 6.07) is 5.83. The van der Waals surface area contributed by atoms with Gasteiger partial charge in [0.25, 0.3) is 5.91 Å². The minimum Gasteiger partial charge on any atom is -0.352 e. The van der Waals surface area contributed by atoms with Crippen LogP contribution in [-0.2, 0) is 0 Å². The number of aliphatic imine (C=N–C) groups is 1. The summed E-state index contributed by atoms with van der Waals surface area (Å²) in [6.45, 7) is 14.8. The fourth-order valence-corrected chi connectivity index (χ4v) is 3.89. The number of nitrogens with zero attached hydrogens (tertiary/aromatic N) is 1. The molecule has 1 aromatic carbocycles.